The second kappa shape index (κ2) is 11.8. The molecular weight excluding hydrogens is 438 g/mol. The standard InChI is InChI=1S/C25H35N3O4S/c1-6-19(3)26-25(30)20(4)27(17-21-13-9-8-10-14-21)24(29)18-28(33(5,31)32)23-16-12-11-15-22(23)7-2/h8-16,19-20H,6-7,17-18H2,1-5H3,(H,26,30)/t19-,20+/m1/s1. The lowest BCUT2D eigenvalue weighted by Gasteiger charge is -2.32. The van der Waals surface area contributed by atoms with Crippen molar-refractivity contribution in [2.45, 2.75) is 59.2 Å². The largest absolute Gasteiger partial charge is 0.352 e. The smallest absolute Gasteiger partial charge is 0.244 e. The molecule has 2 amide bonds. The summed E-state index contributed by atoms with van der Waals surface area (Å²) in [5.41, 5.74) is 2.16. The summed E-state index contributed by atoms with van der Waals surface area (Å²) < 4.78 is 26.5. The number of nitrogens with zero attached hydrogens (tertiary/aromatic N) is 2. The van der Waals surface area contributed by atoms with Crippen molar-refractivity contribution in [1.82, 2.24) is 10.2 Å². The summed E-state index contributed by atoms with van der Waals surface area (Å²) in [5, 5.41) is 2.92. The minimum atomic E-state index is -3.74. The molecule has 0 saturated carbocycles. The summed E-state index contributed by atoms with van der Waals surface area (Å²) in [6, 6.07) is 15.7. The summed E-state index contributed by atoms with van der Waals surface area (Å²) in [7, 11) is -3.74. The predicted octanol–water partition coefficient (Wildman–Crippen LogP) is 3.35. The van der Waals surface area contributed by atoms with Gasteiger partial charge in [0.15, 0.2) is 0 Å². The highest BCUT2D eigenvalue weighted by Crippen LogP contribution is 2.24. The highest BCUT2D eigenvalue weighted by atomic mass is 32.2. The Morgan fingerprint density at radius 1 is 0.970 bits per heavy atom. The Hall–Kier alpha value is -2.87. The van der Waals surface area contributed by atoms with Crippen LogP contribution in [0.5, 0.6) is 0 Å². The molecule has 0 unspecified atom stereocenters. The fourth-order valence-corrected chi connectivity index (χ4v) is 4.36. The van der Waals surface area contributed by atoms with Crippen molar-refractivity contribution < 1.29 is 18.0 Å². The lowest BCUT2D eigenvalue weighted by Crippen LogP contribution is -2.52. The Bertz CT molecular complexity index is 1040. The van der Waals surface area contributed by atoms with E-state index in [2.05, 4.69) is 5.32 Å². The van der Waals surface area contributed by atoms with Gasteiger partial charge in [0.1, 0.15) is 12.6 Å². The van der Waals surface area contributed by atoms with Crippen molar-refractivity contribution in [3.8, 4) is 0 Å². The Labute approximate surface area is 197 Å². The van der Waals surface area contributed by atoms with E-state index in [4.69, 9.17) is 0 Å². The number of benzene rings is 2. The molecule has 180 valence electrons. The third-order valence-corrected chi connectivity index (χ3v) is 6.81. The van der Waals surface area contributed by atoms with E-state index in [1.54, 1.807) is 19.1 Å². The van der Waals surface area contributed by atoms with Crippen molar-refractivity contribution in [3.05, 3.63) is 65.7 Å². The number of sulfonamides is 1. The van der Waals surface area contributed by atoms with E-state index >= 15 is 0 Å². The van der Waals surface area contributed by atoms with E-state index in [0.717, 1.165) is 28.1 Å². The van der Waals surface area contributed by atoms with Crippen LogP contribution in [-0.2, 0) is 32.6 Å². The Morgan fingerprint density at radius 3 is 2.15 bits per heavy atom. The second-order valence-corrected chi connectivity index (χ2v) is 10.2. The van der Waals surface area contributed by atoms with Crippen LogP contribution < -0.4 is 9.62 Å². The molecule has 2 aromatic carbocycles. The van der Waals surface area contributed by atoms with Gasteiger partial charge in [-0.25, -0.2) is 8.42 Å². The van der Waals surface area contributed by atoms with E-state index in [-0.39, 0.29) is 25.0 Å². The zero-order valence-corrected chi connectivity index (χ0v) is 20.9. The van der Waals surface area contributed by atoms with Crippen LogP contribution in [0.4, 0.5) is 5.69 Å². The summed E-state index contributed by atoms with van der Waals surface area (Å²) >= 11 is 0. The average molecular weight is 474 g/mol. The number of carbonyl (C=O) groups is 2. The van der Waals surface area contributed by atoms with Crippen molar-refractivity contribution >= 4 is 27.5 Å². The minimum Gasteiger partial charge on any atom is -0.352 e. The number of rotatable bonds is 11. The van der Waals surface area contributed by atoms with E-state index in [1.807, 2.05) is 63.2 Å². The van der Waals surface area contributed by atoms with Gasteiger partial charge in [-0.2, -0.15) is 0 Å². The summed E-state index contributed by atoms with van der Waals surface area (Å²) in [6.45, 7) is 7.29. The second-order valence-electron chi connectivity index (χ2n) is 8.25. The third-order valence-electron chi connectivity index (χ3n) is 5.68. The first kappa shape index (κ1) is 26.4. The van der Waals surface area contributed by atoms with E-state index in [0.29, 0.717) is 12.1 Å². The number of hydrogen-bond acceptors (Lipinski definition) is 4. The topological polar surface area (TPSA) is 86.8 Å². The molecule has 1 N–H and O–H groups in total. The molecule has 0 aliphatic carbocycles. The Balaban J connectivity index is 2.39. The van der Waals surface area contributed by atoms with E-state index < -0.39 is 22.0 Å². The molecule has 0 fully saturated rings. The number of para-hydroxylation sites is 1. The molecule has 0 spiro atoms. The van der Waals surface area contributed by atoms with Crippen LogP contribution in [-0.4, -0.2) is 50.0 Å². The number of aryl methyl sites for hydroxylation is 1. The zero-order valence-electron chi connectivity index (χ0n) is 20.1. The van der Waals surface area contributed by atoms with Crippen molar-refractivity contribution in [2.75, 3.05) is 17.1 Å². The number of nitrogens with one attached hydrogen (secondary N) is 1. The van der Waals surface area contributed by atoms with Crippen LogP contribution in [0.25, 0.3) is 0 Å². The van der Waals surface area contributed by atoms with Crippen molar-refractivity contribution in [1.29, 1.82) is 0 Å². The van der Waals surface area contributed by atoms with Crippen LogP contribution in [0.15, 0.2) is 54.6 Å². The maximum absolute atomic E-state index is 13.5. The normalized spacial score (nSPS) is 13.1. The summed E-state index contributed by atoms with van der Waals surface area (Å²) in [5.74, 6) is -0.713. The molecule has 0 aliphatic rings. The molecule has 0 aliphatic heterocycles. The fourth-order valence-electron chi connectivity index (χ4n) is 3.48. The van der Waals surface area contributed by atoms with Gasteiger partial charge < -0.3 is 10.2 Å². The minimum absolute atomic E-state index is 0.0300. The van der Waals surface area contributed by atoms with Gasteiger partial charge in [0.25, 0.3) is 0 Å². The van der Waals surface area contributed by atoms with Crippen LogP contribution in [0, 0.1) is 0 Å². The SMILES string of the molecule is CCc1ccccc1N(CC(=O)N(Cc1ccccc1)[C@@H](C)C(=O)N[C@H](C)CC)S(C)(=O)=O. The quantitative estimate of drug-likeness (QED) is 0.542. The molecule has 0 radical (unpaired) electrons. The third kappa shape index (κ3) is 7.32. The molecule has 2 rings (SSSR count). The number of carbonyl (C=O) groups excluding carboxylic acids is 2. The highest BCUT2D eigenvalue weighted by Gasteiger charge is 2.30. The molecule has 0 saturated heterocycles. The molecule has 8 heteroatoms. The molecule has 2 atom stereocenters. The van der Waals surface area contributed by atoms with Gasteiger partial charge in [0.05, 0.1) is 11.9 Å². The lowest BCUT2D eigenvalue weighted by molar-refractivity contribution is -0.139. The van der Waals surface area contributed by atoms with Gasteiger partial charge in [0, 0.05) is 12.6 Å². The van der Waals surface area contributed by atoms with Crippen molar-refractivity contribution in [2.24, 2.45) is 0 Å². The van der Waals surface area contributed by atoms with Gasteiger partial charge in [0.2, 0.25) is 21.8 Å². The molecular formula is C25H35N3O4S. The predicted molar refractivity (Wildman–Crippen MR) is 132 cm³/mol. The zero-order chi connectivity index (χ0) is 24.6. The van der Waals surface area contributed by atoms with Gasteiger partial charge >= 0.3 is 0 Å². The van der Waals surface area contributed by atoms with Crippen LogP contribution >= 0.6 is 0 Å². The van der Waals surface area contributed by atoms with Gasteiger partial charge in [-0.1, -0.05) is 62.4 Å². The Morgan fingerprint density at radius 2 is 1.58 bits per heavy atom. The molecule has 0 heterocycles. The van der Waals surface area contributed by atoms with Gasteiger partial charge in [-0.15, -0.1) is 0 Å². The molecule has 7 nitrogen and oxygen atoms in total. The van der Waals surface area contributed by atoms with E-state index in [1.165, 1.54) is 4.90 Å². The van der Waals surface area contributed by atoms with Crippen LogP contribution in [0.1, 0.15) is 45.2 Å². The lowest BCUT2D eigenvalue weighted by atomic mass is 10.1. The van der Waals surface area contributed by atoms with E-state index in [9.17, 15) is 18.0 Å². The maximum atomic E-state index is 13.5. The van der Waals surface area contributed by atoms with Crippen molar-refractivity contribution in [3.63, 3.8) is 0 Å². The summed E-state index contributed by atoms with van der Waals surface area (Å²) in [4.78, 5) is 27.8. The fraction of sp³-hybridized carbons (Fsp3) is 0.440. The average Bonchev–Trinajstić information content (AvgIpc) is 2.80. The first-order valence-corrected chi connectivity index (χ1v) is 13.1. The number of hydrogen-bond donors (Lipinski definition) is 1. The number of amides is 2. The first-order chi connectivity index (χ1) is 15.6. The van der Waals surface area contributed by atoms with Crippen LogP contribution in [0.3, 0.4) is 0 Å². The Kier molecular flexibility index (Phi) is 9.46. The molecule has 0 aromatic heterocycles. The molecule has 0 bridgehead atoms. The monoisotopic (exact) mass is 473 g/mol. The van der Waals surface area contributed by atoms with Gasteiger partial charge in [-0.05, 0) is 43.9 Å². The first-order valence-electron chi connectivity index (χ1n) is 11.3. The number of anilines is 1. The van der Waals surface area contributed by atoms with Gasteiger partial charge in [-0.3, -0.25) is 13.9 Å². The maximum Gasteiger partial charge on any atom is 0.244 e. The highest BCUT2D eigenvalue weighted by molar-refractivity contribution is 7.92. The molecule has 2 aromatic rings. The molecule has 33 heavy (non-hydrogen) atoms. The van der Waals surface area contributed by atoms with Crippen LogP contribution in [0.2, 0.25) is 0 Å². The summed E-state index contributed by atoms with van der Waals surface area (Å²) in [6.07, 6.45) is 2.48.